The van der Waals surface area contributed by atoms with E-state index >= 15 is 0 Å². The molecule has 0 aliphatic carbocycles. The molecule has 2 heterocycles. The van der Waals surface area contributed by atoms with Crippen molar-refractivity contribution in [3.05, 3.63) is 41.1 Å². The van der Waals surface area contributed by atoms with E-state index in [-0.39, 0.29) is 0 Å². The summed E-state index contributed by atoms with van der Waals surface area (Å²) in [5.74, 6) is 2.54. The fourth-order valence-electron chi connectivity index (χ4n) is 2.45. The lowest BCUT2D eigenvalue weighted by Crippen LogP contribution is -2.20. The van der Waals surface area contributed by atoms with Gasteiger partial charge in [-0.15, -0.1) is 0 Å². The standard InChI is InChI=1S/C16H25N3O/c1-12(16-7-6-13(2)20-16)8-9-18(4)10-15-11-19(5)17-14(15)3/h6-7,11-12H,8-10H2,1-5H3/t12-/m1/s1. The quantitative estimate of drug-likeness (QED) is 0.811. The summed E-state index contributed by atoms with van der Waals surface area (Å²) in [5.41, 5.74) is 2.42. The highest BCUT2D eigenvalue weighted by Gasteiger charge is 2.12. The fourth-order valence-corrected chi connectivity index (χ4v) is 2.45. The van der Waals surface area contributed by atoms with Crippen molar-refractivity contribution in [1.29, 1.82) is 0 Å². The van der Waals surface area contributed by atoms with Gasteiger partial charge in [-0.25, -0.2) is 0 Å². The lowest BCUT2D eigenvalue weighted by atomic mass is 10.0. The van der Waals surface area contributed by atoms with Crippen molar-refractivity contribution in [2.45, 2.75) is 39.7 Å². The van der Waals surface area contributed by atoms with Gasteiger partial charge in [0.2, 0.25) is 0 Å². The van der Waals surface area contributed by atoms with Gasteiger partial charge in [-0.05, 0) is 46.0 Å². The second-order valence-electron chi connectivity index (χ2n) is 5.79. The third-order valence-corrected chi connectivity index (χ3v) is 3.75. The molecule has 0 aromatic carbocycles. The molecule has 2 aromatic heterocycles. The van der Waals surface area contributed by atoms with Crippen molar-refractivity contribution >= 4 is 0 Å². The van der Waals surface area contributed by atoms with Crippen LogP contribution in [0.1, 0.15) is 42.0 Å². The average molecular weight is 275 g/mol. The largest absolute Gasteiger partial charge is 0.466 e. The van der Waals surface area contributed by atoms with Crippen LogP contribution in [0.2, 0.25) is 0 Å². The van der Waals surface area contributed by atoms with E-state index in [1.54, 1.807) is 0 Å². The Kier molecular flexibility index (Phi) is 4.65. The van der Waals surface area contributed by atoms with E-state index in [4.69, 9.17) is 4.42 Å². The molecule has 0 aliphatic heterocycles. The van der Waals surface area contributed by atoms with Gasteiger partial charge in [0.1, 0.15) is 11.5 Å². The zero-order valence-electron chi connectivity index (χ0n) is 13.2. The summed E-state index contributed by atoms with van der Waals surface area (Å²) in [7, 11) is 4.13. The summed E-state index contributed by atoms with van der Waals surface area (Å²) in [6, 6.07) is 4.12. The molecule has 0 fully saturated rings. The van der Waals surface area contributed by atoms with Gasteiger partial charge in [0.15, 0.2) is 0 Å². The van der Waals surface area contributed by atoms with E-state index in [1.165, 1.54) is 5.56 Å². The van der Waals surface area contributed by atoms with Gasteiger partial charge in [-0.1, -0.05) is 6.92 Å². The monoisotopic (exact) mass is 275 g/mol. The summed E-state index contributed by atoms with van der Waals surface area (Å²) in [4.78, 5) is 2.34. The first kappa shape index (κ1) is 14.9. The van der Waals surface area contributed by atoms with Crippen molar-refractivity contribution in [3.8, 4) is 0 Å². The SMILES string of the molecule is Cc1ccc([C@H](C)CCN(C)Cc2cn(C)nc2C)o1. The lowest BCUT2D eigenvalue weighted by molar-refractivity contribution is 0.304. The number of aryl methyl sites for hydroxylation is 3. The highest BCUT2D eigenvalue weighted by atomic mass is 16.3. The number of furan rings is 1. The van der Waals surface area contributed by atoms with Crippen molar-refractivity contribution in [3.63, 3.8) is 0 Å². The first-order valence-electron chi connectivity index (χ1n) is 7.19. The van der Waals surface area contributed by atoms with E-state index in [9.17, 15) is 0 Å². The molecule has 0 radical (unpaired) electrons. The molecule has 0 unspecified atom stereocenters. The number of nitrogens with zero attached hydrogens (tertiary/aromatic N) is 3. The Morgan fingerprint density at radius 3 is 2.65 bits per heavy atom. The van der Waals surface area contributed by atoms with Gasteiger partial charge in [-0.3, -0.25) is 4.68 Å². The van der Waals surface area contributed by atoms with Gasteiger partial charge in [0.25, 0.3) is 0 Å². The third kappa shape index (κ3) is 3.73. The highest BCUT2D eigenvalue weighted by molar-refractivity contribution is 5.15. The Morgan fingerprint density at radius 1 is 1.35 bits per heavy atom. The number of hydrogen-bond acceptors (Lipinski definition) is 3. The van der Waals surface area contributed by atoms with Crippen molar-refractivity contribution < 1.29 is 4.42 Å². The first-order valence-corrected chi connectivity index (χ1v) is 7.19. The summed E-state index contributed by atoms with van der Waals surface area (Å²) >= 11 is 0. The Balaban J connectivity index is 1.83. The number of hydrogen-bond donors (Lipinski definition) is 0. The molecule has 20 heavy (non-hydrogen) atoms. The Labute approximate surface area is 121 Å². The van der Waals surface area contributed by atoms with Crippen LogP contribution in [0.15, 0.2) is 22.7 Å². The van der Waals surface area contributed by atoms with Gasteiger partial charge < -0.3 is 9.32 Å². The summed E-state index contributed by atoms with van der Waals surface area (Å²) in [6.07, 6.45) is 3.20. The molecule has 0 N–H and O–H groups in total. The number of aromatic nitrogens is 2. The molecule has 2 rings (SSSR count). The molecule has 2 aromatic rings. The summed E-state index contributed by atoms with van der Waals surface area (Å²) in [6.45, 7) is 8.28. The van der Waals surface area contributed by atoms with Crippen LogP contribution in [0.25, 0.3) is 0 Å². The van der Waals surface area contributed by atoms with Gasteiger partial charge in [0, 0.05) is 31.3 Å². The Bertz CT molecular complexity index is 556. The molecule has 4 heteroatoms. The van der Waals surface area contributed by atoms with Crippen LogP contribution >= 0.6 is 0 Å². The molecule has 0 amide bonds. The second-order valence-corrected chi connectivity index (χ2v) is 5.79. The zero-order valence-corrected chi connectivity index (χ0v) is 13.2. The van der Waals surface area contributed by atoms with Gasteiger partial charge >= 0.3 is 0 Å². The molecule has 0 spiro atoms. The van der Waals surface area contributed by atoms with Crippen molar-refractivity contribution in [2.75, 3.05) is 13.6 Å². The van der Waals surface area contributed by atoms with Crippen molar-refractivity contribution in [2.24, 2.45) is 7.05 Å². The van der Waals surface area contributed by atoms with Gasteiger partial charge in [-0.2, -0.15) is 5.10 Å². The smallest absolute Gasteiger partial charge is 0.107 e. The van der Waals surface area contributed by atoms with E-state index in [2.05, 4.69) is 43.2 Å². The molecule has 0 bridgehead atoms. The van der Waals surface area contributed by atoms with Crippen LogP contribution in [0.3, 0.4) is 0 Å². The normalized spacial score (nSPS) is 13.1. The number of rotatable bonds is 6. The van der Waals surface area contributed by atoms with Gasteiger partial charge in [0.05, 0.1) is 5.69 Å². The molecule has 0 saturated heterocycles. The minimum Gasteiger partial charge on any atom is -0.466 e. The second kappa shape index (κ2) is 6.27. The third-order valence-electron chi connectivity index (χ3n) is 3.75. The molecular weight excluding hydrogens is 250 g/mol. The zero-order chi connectivity index (χ0) is 14.7. The van der Waals surface area contributed by atoms with Crippen LogP contribution < -0.4 is 0 Å². The maximum Gasteiger partial charge on any atom is 0.107 e. The molecular formula is C16H25N3O. The molecule has 0 aliphatic rings. The van der Waals surface area contributed by atoms with Crippen LogP contribution in [0.5, 0.6) is 0 Å². The predicted octanol–water partition coefficient (Wildman–Crippen LogP) is 3.26. The highest BCUT2D eigenvalue weighted by Crippen LogP contribution is 2.21. The molecule has 4 nitrogen and oxygen atoms in total. The first-order chi connectivity index (χ1) is 9.45. The topological polar surface area (TPSA) is 34.2 Å². The molecule has 110 valence electrons. The maximum atomic E-state index is 5.69. The van der Waals surface area contributed by atoms with Crippen LogP contribution in [-0.4, -0.2) is 28.3 Å². The van der Waals surface area contributed by atoms with E-state index in [0.717, 1.165) is 36.7 Å². The van der Waals surface area contributed by atoms with Crippen LogP contribution in [-0.2, 0) is 13.6 Å². The lowest BCUT2D eigenvalue weighted by Gasteiger charge is -2.18. The predicted molar refractivity (Wildman–Crippen MR) is 80.8 cm³/mol. The average Bonchev–Trinajstić information content (AvgIpc) is 2.93. The minimum atomic E-state index is 0.459. The summed E-state index contributed by atoms with van der Waals surface area (Å²) < 4.78 is 7.57. The van der Waals surface area contributed by atoms with Crippen LogP contribution in [0.4, 0.5) is 0 Å². The fraction of sp³-hybridized carbons (Fsp3) is 0.562. The maximum absolute atomic E-state index is 5.69. The van der Waals surface area contributed by atoms with E-state index in [1.807, 2.05) is 24.7 Å². The minimum absolute atomic E-state index is 0.459. The Hall–Kier alpha value is -1.55. The Morgan fingerprint density at radius 2 is 2.10 bits per heavy atom. The molecule has 0 saturated carbocycles. The van der Waals surface area contributed by atoms with E-state index in [0.29, 0.717) is 5.92 Å². The summed E-state index contributed by atoms with van der Waals surface area (Å²) in [5, 5.41) is 4.38. The van der Waals surface area contributed by atoms with Crippen molar-refractivity contribution in [1.82, 2.24) is 14.7 Å². The van der Waals surface area contributed by atoms with Crippen LogP contribution in [0, 0.1) is 13.8 Å². The van der Waals surface area contributed by atoms with E-state index < -0.39 is 0 Å². The molecule has 1 atom stereocenters.